The van der Waals surface area contributed by atoms with Crippen LogP contribution >= 0.6 is 59.4 Å². The van der Waals surface area contributed by atoms with Crippen molar-refractivity contribution >= 4 is 75.0 Å². The van der Waals surface area contributed by atoms with E-state index in [1.165, 1.54) is 12.2 Å². The lowest BCUT2D eigenvalue weighted by Crippen LogP contribution is -2.32. The molecule has 1 fully saturated rings. The molecule has 0 radical (unpaired) electrons. The molecule has 2 atom stereocenters. The Kier molecular flexibility index (Phi) is 6.35. The second kappa shape index (κ2) is 7.29. The van der Waals surface area contributed by atoms with Crippen LogP contribution in [-0.2, 0) is 14.6 Å². The maximum atomic E-state index is 13.2. The number of carbonyl (C=O) groups is 1. The topological polar surface area (TPSA) is 51.2 Å². The molecule has 2 aliphatic rings. The molecule has 0 bridgehead atoms. The van der Waals surface area contributed by atoms with Crippen molar-refractivity contribution in [2.45, 2.75) is 41.0 Å². The first-order valence-electron chi connectivity index (χ1n) is 7.54. The van der Waals surface area contributed by atoms with E-state index in [2.05, 4.69) is 54.7 Å². The minimum absolute atomic E-state index is 0.0291. The highest BCUT2D eigenvalue weighted by Gasteiger charge is 2.44. The number of carbonyl (C=O) groups excluding carboxylic acids is 1. The first-order chi connectivity index (χ1) is 10.9. The van der Waals surface area contributed by atoms with Crippen molar-refractivity contribution in [3.05, 3.63) is 33.7 Å². The van der Waals surface area contributed by atoms with Crippen molar-refractivity contribution in [2.24, 2.45) is 11.3 Å². The highest BCUT2D eigenvalue weighted by Crippen LogP contribution is 2.47. The van der Waals surface area contributed by atoms with E-state index in [9.17, 15) is 13.2 Å². The lowest BCUT2D eigenvalue weighted by atomic mass is 9.74. The number of hydrogen-bond acceptors (Lipinski definition) is 3. The lowest BCUT2D eigenvalue weighted by molar-refractivity contribution is -0.125. The van der Waals surface area contributed by atoms with E-state index in [0.29, 0.717) is 17.0 Å². The highest BCUT2D eigenvalue weighted by molar-refractivity contribution is 9.42. The molecule has 3 nitrogen and oxygen atoms in total. The fraction of sp³-hybridized carbons (Fsp3) is 0.562. The lowest BCUT2D eigenvalue weighted by Gasteiger charge is -2.28. The highest BCUT2D eigenvalue weighted by atomic mass is 80.0. The fourth-order valence-electron chi connectivity index (χ4n) is 3.13. The number of hydrogen-bond donors (Lipinski definition) is 0. The Balaban J connectivity index is 2.53. The Labute approximate surface area is 173 Å². The molecule has 0 aromatic carbocycles. The van der Waals surface area contributed by atoms with E-state index in [1.54, 1.807) is 6.08 Å². The minimum atomic E-state index is -3.79. The van der Waals surface area contributed by atoms with Crippen LogP contribution in [-0.4, -0.2) is 15.7 Å². The molecule has 0 N–H and O–H groups in total. The summed E-state index contributed by atoms with van der Waals surface area (Å²) in [6.07, 6.45) is 7.66. The summed E-state index contributed by atoms with van der Waals surface area (Å²) in [5, 5.41) is 0.381. The summed E-state index contributed by atoms with van der Waals surface area (Å²) >= 11 is 15.5. The molecule has 1 saturated carbocycles. The Morgan fingerprint density at radius 1 is 1.38 bits per heavy atom. The van der Waals surface area contributed by atoms with Gasteiger partial charge in [-0.05, 0) is 78.7 Å². The molecule has 0 aromatic rings. The normalized spacial score (nSPS) is 28.8. The van der Waals surface area contributed by atoms with Gasteiger partial charge in [0.25, 0.3) is 0 Å². The van der Waals surface area contributed by atoms with Gasteiger partial charge in [0.05, 0.1) is 4.91 Å². The Bertz CT molecular complexity index is 747. The quantitative estimate of drug-likeness (QED) is 0.399. The van der Waals surface area contributed by atoms with E-state index in [4.69, 9.17) is 11.6 Å². The predicted molar refractivity (Wildman–Crippen MR) is 109 cm³/mol. The van der Waals surface area contributed by atoms with Crippen LogP contribution in [0.1, 0.15) is 39.5 Å². The fourth-order valence-corrected chi connectivity index (χ4v) is 5.86. The van der Waals surface area contributed by atoms with Gasteiger partial charge < -0.3 is 0 Å². The molecule has 0 amide bonds. The number of rotatable bonds is 3. The zero-order valence-corrected chi connectivity index (χ0v) is 19.6. The first kappa shape index (κ1) is 20.9. The number of alkyl halides is 3. The molecule has 0 heterocycles. The van der Waals surface area contributed by atoms with Crippen LogP contribution in [0, 0.1) is 11.3 Å². The SMILES string of the molecule is CC1CCCC1(C)C(=O)C1=C(Cl)CC=CC(S(=O)(=O)C(Br)(Br)Br)=C1. The molecule has 2 rings (SSSR count). The summed E-state index contributed by atoms with van der Waals surface area (Å²) in [5.41, 5.74) is -0.201. The third kappa shape index (κ3) is 3.80. The van der Waals surface area contributed by atoms with Crippen LogP contribution in [0.5, 0.6) is 0 Å². The smallest absolute Gasteiger partial charge is 0.239 e. The molecule has 8 heteroatoms. The summed E-state index contributed by atoms with van der Waals surface area (Å²) in [5.74, 6) is 0.174. The number of sulfone groups is 1. The van der Waals surface area contributed by atoms with E-state index in [0.717, 1.165) is 19.3 Å². The van der Waals surface area contributed by atoms with Gasteiger partial charge in [0.2, 0.25) is 11.3 Å². The van der Waals surface area contributed by atoms with Gasteiger partial charge in [0.1, 0.15) is 0 Å². The van der Waals surface area contributed by atoms with Crippen LogP contribution in [0.15, 0.2) is 33.7 Å². The van der Waals surface area contributed by atoms with E-state index in [-0.39, 0.29) is 16.6 Å². The van der Waals surface area contributed by atoms with Gasteiger partial charge in [-0.15, -0.1) is 0 Å². The van der Waals surface area contributed by atoms with E-state index >= 15 is 0 Å². The number of allylic oxidation sites excluding steroid dienone is 5. The van der Waals surface area contributed by atoms with Crippen molar-refractivity contribution < 1.29 is 13.2 Å². The first-order valence-corrected chi connectivity index (χ1v) is 11.8. The second-order valence-corrected chi connectivity index (χ2v) is 17.3. The van der Waals surface area contributed by atoms with Crippen molar-refractivity contribution in [1.82, 2.24) is 0 Å². The van der Waals surface area contributed by atoms with Gasteiger partial charge in [-0.25, -0.2) is 8.42 Å². The van der Waals surface area contributed by atoms with Crippen LogP contribution in [0.4, 0.5) is 0 Å². The molecule has 0 aliphatic heterocycles. The summed E-state index contributed by atoms with van der Waals surface area (Å²) in [6, 6.07) is 0. The maximum absolute atomic E-state index is 13.2. The largest absolute Gasteiger partial charge is 0.294 e. The van der Waals surface area contributed by atoms with Crippen molar-refractivity contribution in [3.63, 3.8) is 0 Å². The third-order valence-electron chi connectivity index (χ3n) is 4.96. The van der Waals surface area contributed by atoms with Crippen LogP contribution in [0.3, 0.4) is 0 Å². The van der Waals surface area contributed by atoms with Crippen LogP contribution < -0.4 is 0 Å². The monoisotopic (exact) mass is 562 g/mol. The van der Waals surface area contributed by atoms with Gasteiger partial charge >= 0.3 is 0 Å². The van der Waals surface area contributed by atoms with Crippen molar-refractivity contribution in [3.8, 4) is 0 Å². The molecular weight excluding hydrogens is 547 g/mol. The maximum Gasteiger partial charge on any atom is 0.239 e. The molecular formula is C16H18Br3ClO3S. The Hall–Kier alpha value is 0.570. The predicted octanol–water partition coefficient (Wildman–Crippen LogP) is 5.93. The number of Topliss-reactive ketones (excluding diaryl/α,β-unsaturated/α-hetero) is 1. The number of ketones is 1. The Morgan fingerprint density at radius 2 is 2.00 bits per heavy atom. The Morgan fingerprint density at radius 3 is 2.50 bits per heavy atom. The third-order valence-corrected chi connectivity index (χ3v) is 10.6. The molecule has 2 unspecified atom stereocenters. The van der Waals surface area contributed by atoms with Crippen LogP contribution in [0.2, 0.25) is 0 Å². The summed E-state index contributed by atoms with van der Waals surface area (Å²) in [6.45, 7) is 4.02. The summed E-state index contributed by atoms with van der Waals surface area (Å²) in [4.78, 5) is 13.2. The van der Waals surface area contributed by atoms with E-state index < -0.39 is 16.7 Å². The van der Waals surface area contributed by atoms with Crippen LogP contribution in [0.25, 0.3) is 0 Å². The van der Waals surface area contributed by atoms with Gasteiger partial charge in [-0.1, -0.05) is 37.9 Å². The zero-order valence-electron chi connectivity index (χ0n) is 13.3. The average molecular weight is 566 g/mol. The van der Waals surface area contributed by atoms with Crippen molar-refractivity contribution in [1.29, 1.82) is 0 Å². The van der Waals surface area contributed by atoms with Gasteiger partial charge in [-0.3, -0.25) is 4.79 Å². The minimum Gasteiger partial charge on any atom is -0.294 e. The summed E-state index contributed by atoms with van der Waals surface area (Å²) in [7, 11) is -3.79. The molecule has 134 valence electrons. The van der Waals surface area contributed by atoms with Gasteiger partial charge in [-0.2, -0.15) is 0 Å². The van der Waals surface area contributed by atoms with Gasteiger partial charge in [0, 0.05) is 22.4 Å². The molecule has 0 saturated heterocycles. The molecule has 0 spiro atoms. The van der Waals surface area contributed by atoms with E-state index in [1.807, 2.05) is 6.92 Å². The zero-order chi connectivity index (χ0) is 18.3. The van der Waals surface area contributed by atoms with Crippen molar-refractivity contribution in [2.75, 3.05) is 0 Å². The summed E-state index contributed by atoms with van der Waals surface area (Å²) < 4.78 is 23.8. The average Bonchev–Trinajstić information content (AvgIpc) is 2.69. The second-order valence-electron chi connectivity index (χ2n) is 6.46. The standard InChI is InChI=1S/C16H18Br3ClO3S/c1-10-5-4-8-15(10,2)14(21)12-9-11(6-3-7-13(12)20)24(22,23)16(17,18)19/h3,6,9-10H,4-5,7-8H2,1-2H3. The molecule has 24 heavy (non-hydrogen) atoms. The van der Waals surface area contributed by atoms with Gasteiger partial charge in [0.15, 0.2) is 5.78 Å². The number of halogens is 4. The molecule has 2 aliphatic carbocycles. The molecule has 0 aromatic heterocycles.